The van der Waals surface area contributed by atoms with Crippen molar-refractivity contribution < 1.29 is 9.47 Å². The van der Waals surface area contributed by atoms with Gasteiger partial charge < -0.3 is 9.47 Å². The predicted molar refractivity (Wildman–Crippen MR) is 54.9 cm³/mol. The van der Waals surface area contributed by atoms with Crippen LogP contribution >= 0.6 is 0 Å². The minimum Gasteiger partial charge on any atom is -0.484 e. The van der Waals surface area contributed by atoms with E-state index in [-0.39, 0.29) is 0 Å². The summed E-state index contributed by atoms with van der Waals surface area (Å²) in [5.74, 6) is 1.60. The van der Waals surface area contributed by atoms with Gasteiger partial charge in [0.25, 0.3) is 0 Å². The highest BCUT2D eigenvalue weighted by atomic mass is 16.5. The number of aryl methyl sites for hydroxylation is 1. The number of para-hydroxylation sites is 1. The van der Waals surface area contributed by atoms with Crippen molar-refractivity contribution in [2.45, 2.75) is 6.92 Å². The smallest absolute Gasteiger partial charge is 0.222 e. The molecule has 1 aromatic rings. The largest absolute Gasteiger partial charge is 0.484 e. The summed E-state index contributed by atoms with van der Waals surface area (Å²) in [6.45, 7) is 3.90. The van der Waals surface area contributed by atoms with Gasteiger partial charge in [0.05, 0.1) is 6.54 Å². The maximum Gasteiger partial charge on any atom is 0.222 e. The van der Waals surface area contributed by atoms with Crippen LogP contribution in [-0.4, -0.2) is 25.7 Å². The zero-order valence-electron chi connectivity index (χ0n) is 8.19. The lowest BCUT2D eigenvalue weighted by atomic mass is 10.2. The minimum atomic E-state index is 0.435. The molecule has 0 unspecified atom stereocenters. The molecule has 0 radical (unpaired) electrons. The van der Waals surface area contributed by atoms with Crippen LogP contribution in [0.5, 0.6) is 5.75 Å². The number of nitrogens with zero attached hydrogens (tertiary/aromatic N) is 1. The summed E-state index contributed by atoms with van der Waals surface area (Å²) < 4.78 is 10.8. The van der Waals surface area contributed by atoms with Crippen LogP contribution in [0.4, 0.5) is 0 Å². The Hall–Kier alpha value is -1.51. The molecule has 0 aromatic heterocycles. The fourth-order valence-corrected chi connectivity index (χ4v) is 1.32. The lowest BCUT2D eigenvalue weighted by Crippen LogP contribution is -2.11. The Bertz CT molecular complexity index is 347. The van der Waals surface area contributed by atoms with Crippen molar-refractivity contribution in [3.8, 4) is 5.75 Å². The molecule has 3 heteroatoms. The van der Waals surface area contributed by atoms with E-state index in [2.05, 4.69) is 4.99 Å². The van der Waals surface area contributed by atoms with E-state index in [4.69, 9.17) is 9.47 Å². The highest BCUT2D eigenvalue weighted by Crippen LogP contribution is 2.16. The van der Waals surface area contributed by atoms with Crippen LogP contribution < -0.4 is 4.74 Å². The topological polar surface area (TPSA) is 30.8 Å². The van der Waals surface area contributed by atoms with Gasteiger partial charge in [0.2, 0.25) is 5.90 Å². The molecule has 0 aliphatic carbocycles. The van der Waals surface area contributed by atoms with Gasteiger partial charge in [-0.2, -0.15) is 0 Å². The van der Waals surface area contributed by atoms with Crippen LogP contribution in [0, 0.1) is 6.92 Å². The Morgan fingerprint density at radius 1 is 1.43 bits per heavy atom. The molecule has 1 aromatic carbocycles. The average molecular weight is 191 g/mol. The number of ether oxygens (including phenoxy) is 2. The highest BCUT2D eigenvalue weighted by Gasteiger charge is 2.08. The summed E-state index contributed by atoms with van der Waals surface area (Å²) in [4.78, 5) is 4.15. The zero-order chi connectivity index (χ0) is 9.80. The Kier molecular flexibility index (Phi) is 2.68. The molecule has 2 rings (SSSR count). The van der Waals surface area contributed by atoms with E-state index in [0.717, 1.165) is 17.9 Å². The molecule has 1 heterocycles. The second-order valence-electron chi connectivity index (χ2n) is 3.18. The van der Waals surface area contributed by atoms with Crippen LogP contribution in [-0.2, 0) is 4.74 Å². The molecule has 3 nitrogen and oxygen atoms in total. The summed E-state index contributed by atoms with van der Waals surface area (Å²) in [5, 5.41) is 0. The van der Waals surface area contributed by atoms with Gasteiger partial charge in [0.1, 0.15) is 12.4 Å². The normalized spacial score (nSPS) is 14.8. The van der Waals surface area contributed by atoms with Gasteiger partial charge >= 0.3 is 0 Å². The van der Waals surface area contributed by atoms with E-state index in [1.165, 1.54) is 0 Å². The van der Waals surface area contributed by atoms with Crippen molar-refractivity contribution in [2.24, 2.45) is 4.99 Å². The molecular formula is C11H13NO2. The first kappa shape index (κ1) is 9.06. The lowest BCUT2D eigenvalue weighted by Gasteiger charge is -2.07. The molecule has 0 fully saturated rings. The molecule has 0 atom stereocenters. The second kappa shape index (κ2) is 4.13. The van der Waals surface area contributed by atoms with Crippen LogP contribution in [0.3, 0.4) is 0 Å². The van der Waals surface area contributed by atoms with Crippen molar-refractivity contribution in [1.82, 2.24) is 0 Å². The monoisotopic (exact) mass is 191 g/mol. The van der Waals surface area contributed by atoms with E-state index >= 15 is 0 Å². The van der Waals surface area contributed by atoms with Crippen molar-refractivity contribution in [1.29, 1.82) is 0 Å². The second-order valence-corrected chi connectivity index (χ2v) is 3.18. The zero-order valence-corrected chi connectivity index (χ0v) is 8.19. The molecule has 0 amide bonds. The first-order valence-electron chi connectivity index (χ1n) is 4.71. The van der Waals surface area contributed by atoms with Crippen LogP contribution in [0.2, 0.25) is 0 Å². The third-order valence-corrected chi connectivity index (χ3v) is 2.09. The number of benzene rings is 1. The summed E-state index contributed by atoms with van der Waals surface area (Å²) in [5.41, 5.74) is 1.13. The van der Waals surface area contributed by atoms with Crippen LogP contribution in [0.25, 0.3) is 0 Å². The van der Waals surface area contributed by atoms with Gasteiger partial charge in [-0.05, 0) is 18.6 Å². The van der Waals surface area contributed by atoms with E-state index in [0.29, 0.717) is 19.1 Å². The first-order chi connectivity index (χ1) is 6.86. The molecule has 0 saturated carbocycles. The van der Waals surface area contributed by atoms with Gasteiger partial charge in [-0.25, -0.2) is 4.99 Å². The van der Waals surface area contributed by atoms with Gasteiger partial charge in [-0.3, -0.25) is 0 Å². The van der Waals surface area contributed by atoms with E-state index < -0.39 is 0 Å². The minimum absolute atomic E-state index is 0.435. The highest BCUT2D eigenvalue weighted by molar-refractivity contribution is 5.78. The van der Waals surface area contributed by atoms with E-state index in [9.17, 15) is 0 Å². The summed E-state index contributed by atoms with van der Waals surface area (Å²) in [7, 11) is 0. The Morgan fingerprint density at radius 3 is 3.00 bits per heavy atom. The van der Waals surface area contributed by atoms with Gasteiger partial charge in [0.15, 0.2) is 6.61 Å². The number of hydrogen-bond acceptors (Lipinski definition) is 3. The maximum atomic E-state index is 5.56. The Morgan fingerprint density at radius 2 is 2.29 bits per heavy atom. The third-order valence-electron chi connectivity index (χ3n) is 2.09. The molecule has 0 saturated heterocycles. The van der Waals surface area contributed by atoms with Crippen molar-refractivity contribution in [2.75, 3.05) is 19.8 Å². The number of aliphatic imine (C=N–C) groups is 1. The van der Waals surface area contributed by atoms with Crippen LogP contribution in [0.1, 0.15) is 5.56 Å². The molecule has 1 aliphatic heterocycles. The number of rotatable bonds is 3. The van der Waals surface area contributed by atoms with Crippen molar-refractivity contribution >= 4 is 5.90 Å². The summed E-state index contributed by atoms with van der Waals surface area (Å²) in [6, 6.07) is 7.92. The standard InChI is InChI=1S/C11H13NO2/c1-9-4-2-3-5-10(9)14-8-11-12-6-7-13-11/h2-5H,6-8H2,1H3. The Labute approximate surface area is 83.4 Å². The fourth-order valence-electron chi connectivity index (χ4n) is 1.32. The Balaban J connectivity index is 1.94. The van der Waals surface area contributed by atoms with Gasteiger partial charge in [-0.1, -0.05) is 18.2 Å². The number of hydrogen-bond donors (Lipinski definition) is 0. The van der Waals surface area contributed by atoms with E-state index in [1.54, 1.807) is 0 Å². The maximum absolute atomic E-state index is 5.56. The fraction of sp³-hybridized carbons (Fsp3) is 0.364. The predicted octanol–water partition coefficient (Wildman–Crippen LogP) is 1.80. The molecule has 0 bridgehead atoms. The third kappa shape index (κ3) is 2.05. The summed E-state index contributed by atoms with van der Waals surface area (Å²) >= 11 is 0. The van der Waals surface area contributed by atoms with Gasteiger partial charge in [-0.15, -0.1) is 0 Å². The quantitative estimate of drug-likeness (QED) is 0.729. The molecule has 0 N–H and O–H groups in total. The SMILES string of the molecule is Cc1ccccc1OCC1=NCCO1. The lowest BCUT2D eigenvalue weighted by molar-refractivity contribution is 0.292. The molecule has 0 spiro atoms. The van der Waals surface area contributed by atoms with Gasteiger partial charge in [0, 0.05) is 0 Å². The molecule has 14 heavy (non-hydrogen) atoms. The van der Waals surface area contributed by atoms with Crippen molar-refractivity contribution in [3.63, 3.8) is 0 Å². The first-order valence-corrected chi connectivity index (χ1v) is 4.71. The van der Waals surface area contributed by atoms with Crippen LogP contribution in [0.15, 0.2) is 29.3 Å². The van der Waals surface area contributed by atoms with Crippen molar-refractivity contribution in [3.05, 3.63) is 29.8 Å². The van der Waals surface area contributed by atoms with E-state index in [1.807, 2.05) is 31.2 Å². The summed E-state index contributed by atoms with van der Waals surface area (Å²) in [6.07, 6.45) is 0. The average Bonchev–Trinajstić information content (AvgIpc) is 2.69. The molecule has 74 valence electrons. The molecule has 1 aliphatic rings. The molecular weight excluding hydrogens is 178 g/mol.